The van der Waals surface area contributed by atoms with Gasteiger partial charge in [-0.2, -0.15) is 0 Å². The van der Waals surface area contributed by atoms with Crippen molar-refractivity contribution in [2.75, 3.05) is 37.6 Å². The number of hydrogen-bond acceptors (Lipinski definition) is 6. The van der Waals surface area contributed by atoms with Crippen LogP contribution in [0, 0.1) is 13.8 Å². The molecule has 0 saturated carbocycles. The van der Waals surface area contributed by atoms with Crippen LogP contribution < -0.4 is 9.62 Å². The van der Waals surface area contributed by atoms with Gasteiger partial charge in [0, 0.05) is 38.6 Å². The van der Waals surface area contributed by atoms with Crippen LogP contribution in [-0.2, 0) is 14.8 Å². The molecule has 0 radical (unpaired) electrons. The molecule has 1 N–H and O–H groups in total. The minimum absolute atomic E-state index is 0.210. The summed E-state index contributed by atoms with van der Waals surface area (Å²) in [5.74, 6) is 0.401. The van der Waals surface area contributed by atoms with E-state index >= 15 is 0 Å². The van der Waals surface area contributed by atoms with Crippen molar-refractivity contribution in [3.8, 4) is 0 Å². The number of piperazine rings is 1. The number of nitrogens with one attached hydrogen (secondary N) is 1. The van der Waals surface area contributed by atoms with E-state index in [1.54, 1.807) is 42.4 Å². The van der Waals surface area contributed by atoms with Gasteiger partial charge in [-0.25, -0.2) is 23.1 Å². The maximum absolute atomic E-state index is 12.5. The lowest BCUT2D eigenvalue weighted by molar-refractivity contribution is -0.130. The molecule has 2 heterocycles. The van der Waals surface area contributed by atoms with Gasteiger partial charge in [-0.1, -0.05) is 12.1 Å². The van der Waals surface area contributed by atoms with Gasteiger partial charge in [0.15, 0.2) is 0 Å². The Kier molecular flexibility index (Phi) is 5.71. The summed E-state index contributed by atoms with van der Waals surface area (Å²) < 4.78 is 27.5. The first-order chi connectivity index (χ1) is 12.9. The van der Waals surface area contributed by atoms with Crippen molar-refractivity contribution >= 4 is 21.9 Å². The first-order valence-electron chi connectivity index (χ1n) is 8.73. The summed E-state index contributed by atoms with van der Waals surface area (Å²) in [7, 11) is -3.73. The predicted octanol–water partition coefficient (Wildman–Crippen LogP) is 0.721. The topological polar surface area (TPSA) is 95.5 Å². The standard InChI is InChI=1S/C18H23N5O3S/c1-14-4-5-15(2)16(12-14)27(25,26)21-13-17(24)22-8-10-23(11-9-22)18-19-6-3-7-20-18/h3-7,12,21H,8-11,13H2,1-2H3. The zero-order chi connectivity index (χ0) is 19.4. The highest BCUT2D eigenvalue weighted by Gasteiger charge is 2.24. The average molecular weight is 389 g/mol. The third-order valence-corrected chi connectivity index (χ3v) is 6.06. The molecule has 1 saturated heterocycles. The Balaban J connectivity index is 1.56. The molecular formula is C18H23N5O3S. The van der Waals surface area contributed by atoms with Crippen LogP contribution in [0.4, 0.5) is 5.95 Å². The van der Waals surface area contributed by atoms with Crippen molar-refractivity contribution in [3.63, 3.8) is 0 Å². The van der Waals surface area contributed by atoms with Crippen LogP contribution in [0.5, 0.6) is 0 Å². The molecule has 1 aromatic heterocycles. The molecule has 144 valence electrons. The Labute approximate surface area is 159 Å². The summed E-state index contributed by atoms with van der Waals surface area (Å²) in [5, 5.41) is 0. The van der Waals surface area contributed by atoms with Gasteiger partial charge in [0.05, 0.1) is 11.4 Å². The van der Waals surface area contributed by atoms with Crippen LogP contribution in [0.2, 0.25) is 0 Å². The quantitative estimate of drug-likeness (QED) is 0.810. The van der Waals surface area contributed by atoms with Crippen molar-refractivity contribution in [2.24, 2.45) is 0 Å². The van der Waals surface area contributed by atoms with E-state index in [1.165, 1.54) is 0 Å². The third kappa shape index (κ3) is 4.61. The van der Waals surface area contributed by atoms with Crippen LogP contribution >= 0.6 is 0 Å². The van der Waals surface area contributed by atoms with Gasteiger partial charge in [-0.15, -0.1) is 0 Å². The molecule has 9 heteroatoms. The van der Waals surface area contributed by atoms with E-state index in [1.807, 2.05) is 17.9 Å². The van der Waals surface area contributed by atoms with Gasteiger partial charge in [0.2, 0.25) is 21.9 Å². The number of rotatable bonds is 5. The number of hydrogen-bond donors (Lipinski definition) is 1. The molecule has 3 rings (SSSR count). The van der Waals surface area contributed by atoms with E-state index in [0.29, 0.717) is 37.7 Å². The number of aromatic nitrogens is 2. The van der Waals surface area contributed by atoms with Crippen molar-refractivity contribution in [1.82, 2.24) is 19.6 Å². The van der Waals surface area contributed by atoms with Gasteiger partial charge in [0.25, 0.3) is 0 Å². The SMILES string of the molecule is Cc1ccc(C)c(S(=O)(=O)NCC(=O)N2CCN(c3ncccn3)CC2)c1. The Morgan fingerprint density at radius 1 is 1.11 bits per heavy atom. The number of aryl methyl sites for hydroxylation is 2. The Hall–Kier alpha value is -2.52. The predicted molar refractivity (Wildman–Crippen MR) is 102 cm³/mol. The summed E-state index contributed by atoms with van der Waals surface area (Å²) in [4.78, 5) is 24.7. The monoisotopic (exact) mass is 389 g/mol. The van der Waals surface area contributed by atoms with E-state index in [-0.39, 0.29) is 17.3 Å². The Bertz CT molecular complexity index is 910. The maximum Gasteiger partial charge on any atom is 0.241 e. The van der Waals surface area contributed by atoms with E-state index in [0.717, 1.165) is 5.56 Å². The Morgan fingerprint density at radius 3 is 2.44 bits per heavy atom. The van der Waals surface area contributed by atoms with Crippen molar-refractivity contribution in [3.05, 3.63) is 47.8 Å². The molecule has 2 aromatic rings. The fourth-order valence-corrected chi connectivity index (χ4v) is 4.26. The molecule has 27 heavy (non-hydrogen) atoms. The van der Waals surface area contributed by atoms with Gasteiger partial charge in [-0.05, 0) is 37.1 Å². The van der Waals surface area contributed by atoms with Gasteiger partial charge < -0.3 is 9.80 Å². The second kappa shape index (κ2) is 8.01. The van der Waals surface area contributed by atoms with Crippen LogP contribution in [0.25, 0.3) is 0 Å². The first-order valence-corrected chi connectivity index (χ1v) is 10.2. The zero-order valence-corrected chi connectivity index (χ0v) is 16.2. The normalized spacial score (nSPS) is 15.0. The number of amides is 1. The van der Waals surface area contributed by atoms with Gasteiger partial charge in [-0.3, -0.25) is 4.79 Å². The second-order valence-corrected chi connectivity index (χ2v) is 8.25. The number of benzene rings is 1. The van der Waals surface area contributed by atoms with Crippen LogP contribution in [0.3, 0.4) is 0 Å². The number of sulfonamides is 1. The lowest BCUT2D eigenvalue weighted by Gasteiger charge is -2.34. The Morgan fingerprint density at radius 2 is 1.78 bits per heavy atom. The van der Waals surface area contributed by atoms with Gasteiger partial charge in [0.1, 0.15) is 0 Å². The molecule has 0 atom stereocenters. The van der Waals surface area contributed by atoms with Crippen molar-refractivity contribution in [1.29, 1.82) is 0 Å². The fourth-order valence-electron chi connectivity index (χ4n) is 2.95. The summed E-state index contributed by atoms with van der Waals surface area (Å²) in [6.07, 6.45) is 3.36. The van der Waals surface area contributed by atoms with Crippen molar-refractivity contribution in [2.45, 2.75) is 18.7 Å². The highest BCUT2D eigenvalue weighted by atomic mass is 32.2. The number of carbonyl (C=O) groups excluding carboxylic acids is 1. The minimum Gasteiger partial charge on any atom is -0.338 e. The second-order valence-electron chi connectivity index (χ2n) is 6.51. The first kappa shape index (κ1) is 19.2. The summed E-state index contributed by atoms with van der Waals surface area (Å²) in [6, 6.07) is 6.98. The molecule has 1 fully saturated rings. The van der Waals surface area contributed by atoms with E-state index in [2.05, 4.69) is 14.7 Å². The van der Waals surface area contributed by atoms with Gasteiger partial charge >= 0.3 is 0 Å². The molecule has 0 spiro atoms. The maximum atomic E-state index is 12.5. The molecule has 0 unspecified atom stereocenters. The van der Waals surface area contributed by atoms with E-state index in [4.69, 9.17) is 0 Å². The van der Waals surface area contributed by atoms with E-state index in [9.17, 15) is 13.2 Å². The lowest BCUT2D eigenvalue weighted by atomic mass is 10.2. The molecule has 1 aliphatic rings. The lowest BCUT2D eigenvalue weighted by Crippen LogP contribution is -2.51. The fraction of sp³-hybridized carbons (Fsp3) is 0.389. The molecule has 1 aromatic carbocycles. The number of nitrogens with zero attached hydrogens (tertiary/aromatic N) is 4. The molecule has 1 aliphatic heterocycles. The van der Waals surface area contributed by atoms with Crippen molar-refractivity contribution < 1.29 is 13.2 Å². The average Bonchev–Trinajstić information content (AvgIpc) is 2.69. The highest BCUT2D eigenvalue weighted by molar-refractivity contribution is 7.89. The summed E-state index contributed by atoms with van der Waals surface area (Å²) >= 11 is 0. The van der Waals surface area contributed by atoms with Crippen LogP contribution in [-0.4, -0.2) is 61.9 Å². The molecule has 0 bridgehead atoms. The largest absolute Gasteiger partial charge is 0.338 e. The molecular weight excluding hydrogens is 366 g/mol. The minimum atomic E-state index is -3.73. The van der Waals surface area contributed by atoms with E-state index < -0.39 is 10.0 Å². The van der Waals surface area contributed by atoms with Crippen LogP contribution in [0.1, 0.15) is 11.1 Å². The molecule has 8 nitrogen and oxygen atoms in total. The highest BCUT2D eigenvalue weighted by Crippen LogP contribution is 2.16. The molecule has 0 aliphatic carbocycles. The third-order valence-electron chi connectivity index (χ3n) is 4.51. The summed E-state index contributed by atoms with van der Waals surface area (Å²) in [6.45, 7) is 5.54. The van der Waals surface area contributed by atoms with Crippen LogP contribution in [0.15, 0.2) is 41.6 Å². The smallest absolute Gasteiger partial charge is 0.241 e. The summed E-state index contributed by atoms with van der Waals surface area (Å²) in [5.41, 5.74) is 1.50. The molecule has 1 amide bonds. The number of anilines is 1. The number of carbonyl (C=O) groups is 1. The zero-order valence-electron chi connectivity index (χ0n) is 15.4.